The van der Waals surface area contributed by atoms with Crippen LogP contribution in [0, 0.1) is 0 Å². The average molecular weight is 461 g/mol. The highest BCUT2D eigenvalue weighted by atomic mass is 16.5. The molecular formula is C19H31N3O10. The van der Waals surface area contributed by atoms with E-state index in [-0.39, 0.29) is 38.9 Å². The summed E-state index contributed by atoms with van der Waals surface area (Å²) in [4.78, 5) is 67.7. The van der Waals surface area contributed by atoms with Gasteiger partial charge in [0.2, 0.25) is 11.8 Å². The van der Waals surface area contributed by atoms with Crippen LogP contribution in [0.3, 0.4) is 0 Å². The molecule has 0 aliphatic heterocycles. The number of nitrogens with one attached hydrogen (secondary N) is 2. The van der Waals surface area contributed by atoms with Gasteiger partial charge < -0.3 is 36.1 Å². The zero-order valence-corrected chi connectivity index (χ0v) is 18.1. The number of carbonyl (C=O) groups is 6. The molecule has 32 heavy (non-hydrogen) atoms. The van der Waals surface area contributed by atoms with Crippen molar-refractivity contribution in [1.29, 1.82) is 0 Å². The lowest BCUT2D eigenvalue weighted by molar-refractivity contribution is -0.149. The molecule has 3 atom stereocenters. The molecule has 0 radical (unpaired) electrons. The van der Waals surface area contributed by atoms with E-state index in [4.69, 9.17) is 25.4 Å². The molecule has 0 rings (SSSR count). The Morgan fingerprint density at radius 3 is 1.62 bits per heavy atom. The van der Waals surface area contributed by atoms with Gasteiger partial charge in [0.1, 0.15) is 18.7 Å². The normalized spacial score (nSPS) is 13.2. The summed E-state index contributed by atoms with van der Waals surface area (Å²) in [5.74, 6) is -4.81. The van der Waals surface area contributed by atoms with Crippen molar-refractivity contribution >= 4 is 35.7 Å². The summed E-state index contributed by atoms with van der Waals surface area (Å²) in [6.45, 7) is 2.14. The highest BCUT2D eigenvalue weighted by Gasteiger charge is 2.23. The van der Waals surface area contributed by atoms with Gasteiger partial charge in [-0.05, 0) is 25.7 Å². The molecule has 0 saturated carbocycles. The quantitative estimate of drug-likeness (QED) is 0.138. The Balaban J connectivity index is 4.36. The fourth-order valence-electron chi connectivity index (χ4n) is 2.52. The lowest BCUT2D eigenvalue weighted by Crippen LogP contribution is -2.42. The van der Waals surface area contributed by atoms with Crippen molar-refractivity contribution < 1.29 is 48.5 Å². The number of hydrogen-bond donors (Lipinski definition) is 5. The molecule has 2 amide bonds. The SMILES string of the molecule is CC(=O)NC(CCC(=O)O)C(=O)OCCCC(N)COC(=O)C(CCC(=O)O)NC(C)=O. The van der Waals surface area contributed by atoms with E-state index in [9.17, 15) is 28.8 Å². The van der Waals surface area contributed by atoms with Crippen LogP contribution in [0.25, 0.3) is 0 Å². The Morgan fingerprint density at radius 1 is 0.781 bits per heavy atom. The third kappa shape index (κ3) is 14.7. The van der Waals surface area contributed by atoms with Crippen LogP contribution in [-0.2, 0) is 38.2 Å². The number of carbonyl (C=O) groups excluding carboxylic acids is 4. The van der Waals surface area contributed by atoms with Gasteiger partial charge in [0.15, 0.2) is 0 Å². The third-order valence-electron chi connectivity index (χ3n) is 4.02. The first-order valence-electron chi connectivity index (χ1n) is 9.99. The lowest BCUT2D eigenvalue weighted by Gasteiger charge is -2.18. The maximum Gasteiger partial charge on any atom is 0.328 e. The van der Waals surface area contributed by atoms with Crippen LogP contribution in [0.2, 0.25) is 0 Å². The van der Waals surface area contributed by atoms with Crippen molar-refractivity contribution in [2.45, 2.75) is 70.5 Å². The summed E-state index contributed by atoms with van der Waals surface area (Å²) < 4.78 is 10.1. The van der Waals surface area contributed by atoms with Crippen LogP contribution >= 0.6 is 0 Å². The second-order valence-electron chi connectivity index (χ2n) is 7.07. The molecule has 0 aromatic rings. The molecule has 0 aromatic carbocycles. The number of rotatable bonds is 16. The summed E-state index contributed by atoms with van der Waals surface area (Å²) >= 11 is 0. The number of carboxylic acids is 2. The molecule has 182 valence electrons. The number of carboxylic acid groups (broad SMARTS) is 2. The Kier molecular flexibility index (Phi) is 14.0. The van der Waals surface area contributed by atoms with Gasteiger partial charge in [-0.1, -0.05) is 0 Å². The molecule has 13 heteroatoms. The fourth-order valence-corrected chi connectivity index (χ4v) is 2.52. The maximum atomic E-state index is 12.1. The Bertz CT molecular complexity index is 682. The van der Waals surface area contributed by atoms with Gasteiger partial charge in [0.05, 0.1) is 6.61 Å². The zero-order chi connectivity index (χ0) is 24.7. The fraction of sp³-hybridized carbons (Fsp3) is 0.684. The summed E-state index contributed by atoms with van der Waals surface area (Å²) in [6.07, 6.45) is -0.271. The van der Waals surface area contributed by atoms with Gasteiger partial charge in [-0.2, -0.15) is 0 Å². The van der Waals surface area contributed by atoms with E-state index < -0.39 is 53.8 Å². The van der Waals surface area contributed by atoms with Crippen molar-refractivity contribution in [3.05, 3.63) is 0 Å². The summed E-state index contributed by atoms with van der Waals surface area (Å²) in [7, 11) is 0. The van der Waals surface area contributed by atoms with Crippen LogP contribution < -0.4 is 16.4 Å². The molecular weight excluding hydrogens is 430 g/mol. The molecule has 6 N–H and O–H groups in total. The first-order valence-corrected chi connectivity index (χ1v) is 9.99. The van der Waals surface area contributed by atoms with E-state index in [2.05, 4.69) is 10.6 Å². The Labute approximate surface area is 185 Å². The van der Waals surface area contributed by atoms with Crippen molar-refractivity contribution in [3.8, 4) is 0 Å². The van der Waals surface area contributed by atoms with E-state index >= 15 is 0 Å². The molecule has 0 fully saturated rings. The third-order valence-corrected chi connectivity index (χ3v) is 4.02. The molecule has 13 nitrogen and oxygen atoms in total. The van der Waals surface area contributed by atoms with Crippen LogP contribution in [-0.4, -0.2) is 77.2 Å². The predicted molar refractivity (Wildman–Crippen MR) is 108 cm³/mol. The number of ether oxygens (including phenoxy) is 2. The largest absolute Gasteiger partial charge is 0.481 e. The number of esters is 2. The summed E-state index contributed by atoms with van der Waals surface area (Å²) in [6, 6.07) is -2.78. The standard InChI is InChI=1S/C19H31N3O10/c1-11(23)21-14(5-7-16(25)26)18(29)31-9-3-4-13(20)10-32-19(30)15(22-12(2)24)6-8-17(27)28/h13-15H,3-10,20H2,1-2H3,(H,21,23)(H,22,24)(H,25,26)(H,27,28). The van der Waals surface area contributed by atoms with Crippen LogP contribution in [0.4, 0.5) is 0 Å². The minimum absolute atomic E-state index is 0.0449. The van der Waals surface area contributed by atoms with Gasteiger partial charge >= 0.3 is 23.9 Å². The number of hydrogen-bond acceptors (Lipinski definition) is 9. The molecule has 0 aliphatic carbocycles. The molecule has 0 heterocycles. The number of aliphatic carboxylic acids is 2. The van der Waals surface area contributed by atoms with E-state index in [1.807, 2.05) is 0 Å². The maximum absolute atomic E-state index is 12.1. The van der Waals surface area contributed by atoms with Crippen molar-refractivity contribution in [3.63, 3.8) is 0 Å². The molecule has 0 aromatic heterocycles. The molecule has 0 bridgehead atoms. The van der Waals surface area contributed by atoms with Gasteiger partial charge in [0.25, 0.3) is 0 Å². The number of nitrogens with two attached hydrogens (primary N) is 1. The van der Waals surface area contributed by atoms with E-state index in [1.165, 1.54) is 13.8 Å². The minimum atomic E-state index is -1.12. The topological polar surface area (TPSA) is 211 Å². The first-order chi connectivity index (χ1) is 14.9. The van der Waals surface area contributed by atoms with E-state index in [0.717, 1.165) is 0 Å². The molecule has 0 saturated heterocycles. The lowest BCUT2D eigenvalue weighted by atomic mass is 10.1. The molecule has 0 aliphatic rings. The van der Waals surface area contributed by atoms with Gasteiger partial charge in [0, 0.05) is 32.7 Å². The van der Waals surface area contributed by atoms with Crippen molar-refractivity contribution in [2.24, 2.45) is 5.73 Å². The Morgan fingerprint density at radius 2 is 1.22 bits per heavy atom. The summed E-state index contributed by atoms with van der Waals surface area (Å²) in [5, 5.41) is 22.1. The first kappa shape index (κ1) is 28.8. The predicted octanol–water partition coefficient (Wildman–Crippen LogP) is -1.08. The van der Waals surface area contributed by atoms with Gasteiger partial charge in [-0.25, -0.2) is 9.59 Å². The number of amides is 2. The van der Waals surface area contributed by atoms with Gasteiger partial charge in [-0.15, -0.1) is 0 Å². The van der Waals surface area contributed by atoms with Crippen LogP contribution in [0.5, 0.6) is 0 Å². The highest BCUT2D eigenvalue weighted by molar-refractivity contribution is 5.84. The Hall–Kier alpha value is -3.22. The zero-order valence-electron chi connectivity index (χ0n) is 18.1. The van der Waals surface area contributed by atoms with Gasteiger partial charge in [-0.3, -0.25) is 19.2 Å². The second-order valence-corrected chi connectivity index (χ2v) is 7.07. The van der Waals surface area contributed by atoms with E-state index in [1.54, 1.807) is 0 Å². The summed E-state index contributed by atoms with van der Waals surface area (Å²) in [5.41, 5.74) is 5.85. The highest BCUT2D eigenvalue weighted by Crippen LogP contribution is 2.05. The van der Waals surface area contributed by atoms with Crippen molar-refractivity contribution in [2.75, 3.05) is 13.2 Å². The van der Waals surface area contributed by atoms with Crippen LogP contribution in [0.1, 0.15) is 52.4 Å². The van der Waals surface area contributed by atoms with Crippen LogP contribution in [0.15, 0.2) is 0 Å². The molecule has 0 spiro atoms. The van der Waals surface area contributed by atoms with Crippen molar-refractivity contribution in [1.82, 2.24) is 10.6 Å². The second kappa shape index (κ2) is 15.6. The van der Waals surface area contributed by atoms with E-state index in [0.29, 0.717) is 12.8 Å². The monoisotopic (exact) mass is 461 g/mol. The smallest absolute Gasteiger partial charge is 0.328 e. The molecule has 3 unspecified atom stereocenters. The minimum Gasteiger partial charge on any atom is -0.481 e. The average Bonchev–Trinajstić information content (AvgIpc) is 2.68.